The van der Waals surface area contributed by atoms with E-state index >= 15 is 0 Å². The Kier molecular flexibility index (Phi) is 5.87. The second-order valence-electron chi connectivity index (χ2n) is 5.12. The maximum Gasteiger partial charge on any atom is 0.280 e. The molecule has 2 rings (SSSR count). The van der Waals surface area contributed by atoms with Crippen molar-refractivity contribution in [3.05, 3.63) is 47.5 Å². The van der Waals surface area contributed by atoms with Crippen LogP contribution < -0.4 is 19.0 Å². The molecular formula is C17H20N2O5S. The minimum Gasteiger partial charge on any atom is -0.497 e. The first kappa shape index (κ1) is 18.6. The van der Waals surface area contributed by atoms with Crippen LogP contribution in [-0.2, 0) is 10.0 Å². The van der Waals surface area contributed by atoms with Crippen LogP contribution in [0.3, 0.4) is 0 Å². The fourth-order valence-electron chi connectivity index (χ4n) is 2.13. The number of hydrogen-bond donors (Lipinski definition) is 1. The lowest BCUT2D eigenvalue weighted by atomic mass is 10.2. The van der Waals surface area contributed by atoms with E-state index in [0.29, 0.717) is 17.1 Å². The Bertz CT molecular complexity index is 879. The molecule has 8 heteroatoms. The molecule has 0 spiro atoms. The number of ether oxygens (including phenoxy) is 3. The Morgan fingerprint density at radius 1 is 0.960 bits per heavy atom. The third-order valence-electron chi connectivity index (χ3n) is 3.43. The molecule has 2 aromatic carbocycles. The summed E-state index contributed by atoms with van der Waals surface area (Å²) in [6.07, 6.45) is 1.36. The van der Waals surface area contributed by atoms with Crippen LogP contribution >= 0.6 is 0 Å². The van der Waals surface area contributed by atoms with E-state index in [1.54, 1.807) is 44.4 Å². The predicted molar refractivity (Wildman–Crippen MR) is 95.2 cm³/mol. The number of nitrogens with one attached hydrogen (secondary N) is 1. The van der Waals surface area contributed by atoms with Gasteiger partial charge < -0.3 is 14.2 Å². The third kappa shape index (κ3) is 4.42. The first-order chi connectivity index (χ1) is 11.9. The Balaban J connectivity index is 2.26. The number of sulfonamides is 1. The van der Waals surface area contributed by atoms with Gasteiger partial charge in [-0.05, 0) is 36.8 Å². The summed E-state index contributed by atoms with van der Waals surface area (Å²) in [5.41, 5.74) is 1.39. The van der Waals surface area contributed by atoms with Gasteiger partial charge in [-0.3, -0.25) is 0 Å². The van der Waals surface area contributed by atoms with E-state index < -0.39 is 10.0 Å². The Morgan fingerprint density at radius 2 is 1.68 bits per heavy atom. The van der Waals surface area contributed by atoms with Gasteiger partial charge >= 0.3 is 0 Å². The number of rotatable bonds is 7. The lowest BCUT2D eigenvalue weighted by Crippen LogP contribution is -2.19. The number of hydrogen-bond acceptors (Lipinski definition) is 6. The van der Waals surface area contributed by atoms with Gasteiger partial charge in [0.25, 0.3) is 10.0 Å². The first-order valence-corrected chi connectivity index (χ1v) is 8.81. The van der Waals surface area contributed by atoms with Crippen molar-refractivity contribution in [2.45, 2.75) is 11.8 Å². The molecule has 0 radical (unpaired) electrons. The van der Waals surface area contributed by atoms with Crippen molar-refractivity contribution < 1.29 is 22.6 Å². The van der Waals surface area contributed by atoms with Crippen LogP contribution in [0.25, 0.3) is 0 Å². The predicted octanol–water partition coefficient (Wildman–Crippen LogP) is 2.33. The minimum atomic E-state index is -3.87. The fraction of sp³-hybridized carbons (Fsp3) is 0.235. The van der Waals surface area contributed by atoms with Crippen LogP contribution in [0.2, 0.25) is 0 Å². The average molecular weight is 364 g/mol. The average Bonchev–Trinajstić information content (AvgIpc) is 2.61. The second-order valence-corrected chi connectivity index (χ2v) is 6.74. The zero-order chi connectivity index (χ0) is 18.4. The molecule has 2 aromatic rings. The molecule has 0 aliphatic heterocycles. The molecule has 134 valence electrons. The molecule has 0 aliphatic rings. The highest BCUT2D eigenvalue weighted by Gasteiger charge is 2.19. The number of methoxy groups -OCH3 is 3. The van der Waals surface area contributed by atoms with E-state index in [2.05, 4.69) is 9.93 Å². The minimum absolute atomic E-state index is 0.0221. The zero-order valence-corrected chi connectivity index (χ0v) is 15.3. The van der Waals surface area contributed by atoms with E-state index in [4.69, 9.17) is 14.2 Å². The van der Waals surface area contributed by atoms with E-state index in [0.717, 1.165) is 5.56 Å². The lowest BCUT2D eigenvalue weighted by Gasteiger charge is -2.10. The molecule has 0 unspecified atom stereocenters. The van der Waals surface area contributed by atoms with E-state index in [9.17, 15) is 8.42 Å². The highest BCUT2D eigenvalue weighted by Crippen LogP contribution is 2.25. The maximum absolute atomic E-state index is 12.5. The molecule has 7 nitrogen and oxygen atoms in total. The highest BCUT2D eigenvalue weighted by atomic mass is 32.2. The molecule has 0 saturated heterocycles. The molecule has 0 bridgehead atoms. The lowest BCUT2D eigenvalue weighted by molar-refractivity contribution is 0.394. The van der Waals surface area contributed by atoms with Crippen LogP contribution in [0.15, 0.2) is 46.4 Å². The van der Waals surface area contributed by atoms with Gasteiger partial charge in [0.15, 0.2) is 0 Å². The summed E-state index contributed by atoms with van der Waals surface area (Å²) in [7, 11) is 0.601. The first-order valence-electron chi connectivity index (χ1n) is 7.33. The summed E-state index contributed by atoms with van der Waals surface area (Å²) in [6, 6.07) is 10.00. The van der Waals surface area contributed by atoms with Gasteiger partial charge in [-0.1, -0.05) is 6.07 Å². The van der Waals surface area contributed by atoms with E-state index in [-0.39, 0.29) is 10.6 Å². The van der Waals surface area contributed by atoms with Crippen LogP contribution in [0.5, 0.6) is 17.2 Å². The summed E-state index contributed by atoms with van der Waals surface area (Å²) in [5.74, 6) is 1.38. The fourth-order valence-corrected chi connectivity index (χ4v) is 3.18. The molecule has 0 fully saturated rings. The van der Waals surface area contributed by atoms with Crippen LogP contribution in [0.4, 0.5) is 0 Å². The van der Waals surface area contributed by atoms with Gasteiger partial charge in [-0.25, -0.2) is 0 Å². The van der Waals surface area contributed by atoms with Gasteiger partial charge in [-0.2, -0.15) is 18.4 Å². The van der Waals surface area contributed by atoms with E-state index in [1.165, 1.54) is 26.5 Å². The van der Waals surface area contributed by atoms with E-state index in [1.807, 2.05) is 0 Å². The largest absolute Gasteiger partial charge is 0.497 e. The maximum atomic E-state index is 12.5. The van der Waals surface area contributed by atoms with Gasteiger partial charge in [0, 0.05) is 11.6 Å². The zero-order valence-electron chi connectivity index (χ0n) is 14.4. The Morgan fingerprint density at radius 3 is 2.32 bits per heavy atom. The van der Waals surface area contributed by atoms with Crippen LogP contribution in [0.1, 0.15) is 11.1 Å². The summed E-state index contributed by atoms with van der Waals surface area (Å²) in [4.78, 5) is 2.20. The number of hydrazone groups is 1. The summed E-state index contributed by atoms with van der Waals surface area (Å²) in [5, 5.41) is 3.82. The third-order valence-corrected chi connectivity index (χ3v) is 4.67. The normalized spacial score (nSPS) is 11.4. The SMILES string of the molecule is COc1ccc(/C=N/NS(=O)(=O)c2cc(C)ccc2OC)c(OC)c1. The standard InChI is InChI=1S/C17H20N2O5S/c1-12-5-8-15(23-3)17(9-12)25(20,21)19-18-11-13-6-7-14(22-2)10-16(13)24-4/h5-11,19H,1-4H3/b18-11+. The van der Waals surface area contributed by atoms with Crippen molar-refractivity contribution in [2.75, 3.05) is 21.3 Å². The summed E-state index contributed by atoms with van der Waals surface area (Å²) in [6.45, 7) is 1.80. The topological polar surface area (TPSA) is 86.2 Å². The summed E-state index contributed by atoms with van der Waals surface area (Å²) >= 11 is 0. The molecule has 0 atom stereocenters. The summed E-state index contributed by atoms with van der Waals surface area (Å²) < 4.78 is 40.4. The molecule has 25 heavy (non-hydrogen) atoms. The van der Waals surface area contributed by atoms with Crippen molar-refractivity contribution in [2.24, 2.45) is 5.10 Å². The van der Waals surface area contributed by atoms with Gasteiger partial charge in [0.2, 0.25) is 0 Å². The molecule has 0 aromatic heterocycles. The molecule has 0 amide bonds. The molecule has 1 N–H and O–H groups in total. The Labute approximate surface area is 147 Å². The van der Waals surface area contributed by atoms with Crippen LogP contribution in [-0.4, -0.2) is 36.0 Å². The smallest absolute Gasteiger partial charge is 0.280 e. The van der Waals surface area contributed by atoms with Gasteiger partial charge in [-0.15, -0.1) is 0 Å². The second kappa shape index (κ2) is 7.89. The molecule has 0 saturated carbocycles. The number of benzene rings is 2. The number of aryl methyl sites for hydroxylation is 1. The van der Waals surface area contributed by atoms with Crippen LogP contribution in [0, 0.1) is 6.92 Å². The van der Waals surface area contributed by atoms with Crippen molar-refractivity contribution in [1.82, 2.24) is 4.83 Å². The Hall–Kier alpha value is -2.74. The molecule has 0 heterocycles. The quantitative estimate of drug-likeness (QED) is 0.602. The van der Waals surface area contributed by atoms with Gasteiger partial charge in [0.05, 0.1) is 27.5 Å². The van der Waals surface area contributed by atoms with Gasteiger partial charge in [0.1, 0.15) is 22.1 Å². The van der Waals surface area contributed by atoms with Crippen molar-refractivity contribution in [3.8, 4) is 17.2 Å². The molecular weight excluding hydrogens is 344 g/mol. The number of nitrogens with zero attached hydrogens (tertiary/aromatic N) is 1. The monoisotopic (exact) mass is 364 g/mol. The van der Waals surface area contributed by atoms with Crippen molar-refractivity contribution >= 4 is 16.2 Å². The van der Waals surface area contributed by atoms with Crippen molar-refractivity contribution in [3.63, 3.8) is 0 Å². The van der Waals surface area contributed by atoms with Crippen molar-refractivity contribution in [1.29, 1.82) is 0 Å². The highest BCUT2D eigenvalue weighted by molar-refractivity contribution is 7.89. The molecule has 0 aliphatic carbocycles.